The van der Waals surface area contributed by atoms with E-state index < -0.39 is 0 Å². The van der Waals surface area contributed by atoms with Gasteiger partial charge in [0.05, 0.1) is 0 Å². The van der Waals surface area contributed by atoms with Gasteiger partial charge in [0, 0.05) is 22.5 Å². The number of halogens is 1. The zero-order valence-corrected chi connectivity index (χ0v) is 12.5. The molecule has 1 fully saturated rings. The third kappa shape index (κ3) is 4.65. The highest BCUT2D eigenvalue weighted by molar-refractivity contribution is 9.09. The minimum Gasteiger partial charge on any atom is -0.302 e. The molecule has 0 amide bonds. The Balaban J connectivity index is 1.63. The molecule has 3 heteroatoms. The Kier molecular flexibility index (Phi) is 5.89. The molecule has 1 nitrogen and oxygen atoms in total. The molecule has 1 aliphatic rings. The number of thioether (sulfide) groups is 1. The summed E-state index contributed by atoms with van der Waals surface area (Å²) in [4.78, 5) is 4.00. The molecule has 0 bridgehead atoms. The van der Waals surface area contributed by atoms with Crippen molar-refractivity contribution in [3.63, 3.8) is 0 Å². The summed E-state index contributed by atoms with van der Waals surface area (Å²) in [6.45, 7) is 3.80. The van der Waals surface area contributed by atoms with Crippen LogP contribution in [0.3, 0.4) is 0 Å². The predicted molar refractivity (Wildman–Crippen MR) is 80.1 cm³/mol. The van der Waals surface area contributed by atoms with Crippen molar-refractivity contribution in [2.45, 2.75) is 17.7 Å². The van der Waals surface area contributed by atoms with Crippen molar-refractivity contribution in [3.05, 3.63) is 30.3 Å². The van der Waals surface area contributed by atoms with E-state index in [1.165, 1.54) is 48.5 Å². The lowest BCUT2D eigenvalue weighted by Gasteiger charge is -2.30. The maximum absolute atomic E-state index is 3.59. The average Bonchev–Trinajstić information content (AvgIpc) is 2.41. The number of piperidine rings is 1. The molecule has 1 aliphatic heterocycles. The highest BCUT2D eigenvalue weighted by atomic mass is 79.9. The summed E-state index contributed by atoms with van der Waals surface area (Å²) in [5.74, 6) is 2.12. The summed E-state index contributed by atoms with van der Waals surface area (Å²) in [7, 11) is 0. The van der Waals surface area contributed by atoms with Gasteiger partial charge >= 0.3 is 0 Å². The summed E-state index contributed by atoms with van der Waals surface area (Å²) in [5, 5.41) is 1.18. The van der Waals surface area contributed by atoms with Gasteiger partial charge in [-0.15, -0.1) is 11.8 Å². The molecule has 0 unspecified atom stereocenters. The zero-order valence-electron chi connectivity index (χ0n) is 10.1. The molecule has 0 aromatic heterocycles. The van der Waals surface area contributed by atoms with Gasteiger partial charge in [0.2, 0.25) is 0 Å². The molecule has 1 aromatic rings. The second kappa shape index (κ2) is 7.45. The number of rotatable bonds is 5. The van der Waals surface area contributed by atoms with Crippen molar-refractivity contribution < 1.29 is 0 Å². The summed E-state index contributed by atoms with van der Waals surface area (Å²) >= 11 is 5.56. The van der Waals surface area contributed by atoms with Gasteiger partial charge in [-0.2, -0.15) is 0 Å². The fourth-order valence-electron chi connectivity index (χ4n) is 2.17. The molecule has 0 atom stereocenters. The van der Waals surface area contributed by atoms with Crippen molar-refractivity contribution in [3.8, 4) is 0 Å². The Labute approximate surface area is 117 Å². The quantitative estimate of drug-likeness (QED) is 0.599. The van der Waals surface area contributed by atoms with E-state index in [9.17, 15) is 0 Å². The Hall–Kier alpha value is 0.0100. The van der Waals surface area contributed by atoms with Crippen molar-refractivity contribution in [1.82, 2.24) is 4.90 Å². The Morgan fingerprint density at radius 2 is 1.88 bits per heavy atom. The Morgan fingerprint density at radius 1 is 1.18 bits per heavy atom. The summed E-state index contributed by atoms with van der Waals surface area (Å²) in [6.07, 6.45) is 2.72. The molecule has 94 valence electrons. The average molecular weight is 314 g/mol. The van der Waals surface area contributed by atoms with E-state index in [4.69, 9.17) is 0 Å². The molecule has 1 aromatic carbocycles. The molecule has 2 rings (SSSR count). The molecule has 0 radical (unpaired) electrons. The number of alkyl halides is 1. The maximum Gasteiger partial charge on any atom is 0.0108 e. The molecule has 1 heterocycles. The number of hydrogen-bond acceptors (Lipinski definition) is 2. The summed E-state index contributed by atoms with van der Waals surface area (Å²) in [6, 6.07) is 10.7. The lowest BCUT2D eigenvalue weighted by atomic mass is 9.99. The monoisotopic (exact) mass is 313 g/mol. The van der Waals surface area contributed by atoms with Crippen molar-refractivity contribution in [2.75, 3.05) is 30.7 Å². The summed E-state index contributed by atoms with van der Waals surface area (Å²) in [5.41, 5.74) is 0. The SMILES string of the molecule is BrCC1CCN(CCSc2ccccc2)CC1. The fraction of sp³-hybridized carbons (Fsp3) is 0.571. The normalized spacial score (nSPS) is 18.4. The molecule has 0 spiro atoms. The van der Waals surface area contributed by atoms with Crippen LogP contribution in [0, 0.1) is 5.92 Å². The molecule has 17 heavy (non-hydrogen) atoms. The minimum absolute atomic E-state index is 0.910. The minimum atomic E-state index is 0.910. The van der Waals surface area contributed by atoms with E-state index in [2.05, 4.69) is 51.2 Å². The first-order valence-electron chi connectivity index (χ1n) is 6.34. The van der Waals surface area contributed by atoms with Gasteiger partial charge in [-0.1, -0.05) is 34.1 Å². The second-order valence-corrected chi connectivity index (χ2v) is 6.42. The third-order valence-corrected chi connectivity index (χ3v) is 5.25. The number of nitrogens with zero attached hydrogens (tertiary/aromatic N) is 1. The zero-order chi connectivity index (χ0) is 11.9. The van der Waals surface area contributed by atoms with Crippen molar-refractivity contribution >= 4 is 27.7 Å². The van der Waals surface area contributed by atoms with Crippen LogP contribution in [-0.2, 0) is 0 Å². The van der Waals surface area contributed by atoms with Crippen molar-refractivity contribution in [1.29, 1.82) is 0 Å². The second-order valence-electron chi connectivity index (χ2n) is 4.60. The third-order valence-electron chi connectivity index (χ3n) is 3.34. The molecular formula is C14H20BrNS. The van der Waals surface area contributed by atoms with Crippen LogP contribution in [0.2, 0.25) is 0 Å². The Morgan fingerprint density at radius 3 is 2.53 bits per heavy atom. The van der Waals surface area contributed by atoms with Crippen LogP contribution in [-0.4, -0.2) is 35.6 Å². The van der Waals surface area contributed by atoms with Gasteiger partial charge in [-0.3, -0.25) is 0 Å². The van der Waals surface area contributed by atoms with Crippen LogP contribution < -0.4 is 0 Å². The van der Waals surface area contributed by atoms with Gasteiger partial charge < -0.3 is 4.90 Å². The number of likely N-dealkylation sites (tertiary alicyclic amines) is 1. The largest absolute Gasteiger partial charge is 0.302 e. The van der Waals surface area contributed by atoms with Gasteiger partial charge in [-0.25, -0.2) is 0 Å². The van der Waals surface area contributed by atoms with Crippen LogP contribution in [0.1, 0.15) is 12.8 Å². The molecular weight excluding hydrogens is 294 g/mol. The first-order chi connectivity index (χ1) is 8.38. The predicted octanol–water partition coefficient (Wildman–Crippen LogP) is 3.89. The van der Waals surface area contributed by atoms with E-state index in [0.717, 1.165) is 5.92 Å². The van der Waals surface area contributed by atoms with Gasteiger partial charge in [0.15, 0.2) is 0 Å². The summed E-state index contributed by atoms with van der Waals surface area (Å²) < 4.78 is 0. The number of benzene rings is 1. The van der Waals surface area contributed by atoms with Crippen LogP contribution >= 0.6 is 27.7 Å². The molecule has 0 aliphatic carbocycles. The molecule has 0 saturated carbocycles. The van der Waals surface area contributed by atoms with Crippen LogP contribution in [0.25, 0.3) is 0 Å². The highest BCUT2D eigenvalue weighted by Crippen LogP contribution is 2.21. The maximum atomic E-state index is 3.59. The molecule has 1 saturated heterocycles. The number of hydrogen-bond donors (Lipinski definition) is 0. The van der Waals surface area contributed by atoms with E-state index in [0.29, 0.717) is 0 Å². The molecule has 0 N–H and O–H groups in total. The van der Waals surface area contributed by atoms with E-state index >= 15 is 0 Å². The van der Waals surface area contributed by atoms with Gasteiger partial charge in [-0.05, 0) is 44.0 Å². The van der Waals surface area contributed by atoms with E-state index in [-0.39, 0.29) is 0 Å². The standard InChI is InChI=1S/C14H20BrNS/c15-12-13-6-8-16(9-7-13)10-11-17-14-4-2-1-3-5-14/h1-5,13H,6-12H2. The topological polar surface area (TPSA) is 3.24 Å². The fourth-order valence-corrected chi connectivity index (χ4v) is 3.76. The Bertz CT molecular complexity index is 309. The van der Waals surface area contributed by atoms with Crippen LogP contribution in [0.5, 0.6) is 0 Å². The van der Waals surface area contributed by atoms with Crippen LogP contribution in [0.15, 0.2) is 35.2 Å². The van der Waals surface area contributed by atoms with Gasteiger partial charge in [0.25, 0.3) is 0 Å². The lowest BCUT2D eigenvalue weighted by molar-refractivity contribution is 0.205. The van der Waals surface area contributed by atoms with Gasteiger partial charge in [0.1, 0.15) is 0 Å². The smallest absolute Gasteiger partial charge is 0.0108 e. The highest BCUT2D eigenvalue weighted by Gasteiger charge is 2.17. The van der Waals surface area contributed by atoms with Crippen molar-refractivity contribution in [2.24, 2.45) is 5.92 Å². The van der Waals surface area contributed by atoms with E-state index in [1.807, 2.05) is 11.8 Å². The van der Waals surface area contributed by atoms with E-state index in [1.54, 1.807) is 0 Å². The first-order valence-corrected chi connectivity index (χ1v) is 8.45. The van der Waals surface area contributed by atoms with Crippen LogP contribution in [0.4, 0.5) is 0 Å². The lowest BCUT2D eigenvalue weighted by Crippen LogP contribution is -2.35. The first kappa shape index (κ1) is 13.4.